The molecule has 0 aliphatic heterocycles. The number of methoxy groups -OCH3 is 1. The Morgan fingerprint density at radius 1 is 1.29 bits per heavy atom. The van der Waals surface area contributed by atoms with Gasteiger partial charge in [0.15, 0.2) is 5.82 Å². The van der Waals surface area contributed by atoms with Gasteiger partial charge in [-0.15, -0.1) is 5.10 Å². The standard InChI is InChI=1S/C16H17N5O3/c1-9(2)14-19-16-18-13(22)8-12(21(16)20-14)17-15(23)10-4-6-11(24-3)7-5-10/h4-9H,1-3H3,(H,17,23)(H,18,19,20,22). The minimum Gasteiger partial charge on any atom is -0.497 e. The number of rotatable bonds is 4. The van der Waals surface area contributed by atoms with E-state index < -0.39 is 0 Å². The highest BCUT2D eigenvalue weighted by atomic mass is 16.5. The van der Waals surface area contributed by atoms with Gasteiger partial charge in [-0.05, 0) is 24.3 Å². The van der Waals surface area contributed by atoms with Crippen LogP contribution in [0.15, 0.2) is 35.1 Å². The Kier molecular flexibility index (Phi) is 4.03. The third-order valence-corrected chi connectivity index (χ3v) is 3.46. The van der Waals surface area contributed by atoms with E-state index in [-0.39, 0.29) is 29.0 Å². The average molecular weight is 327 g/mol. The molecule has 2 aromatic heterocycles. The van der Waals surface area contributed by atoms with Crippen molar-refractivity contribution in [2.24, 2.45) is 0 Å². The fraction of sp³-hybridized carbons (Fsp3) is 0.250. The lowest BCUT2D eigenvalue weighted by molar-refractivity contribution is 0.102. The molecule has 0 aliphatic carbocycles. The van der Waals surface area contributed by atoms with E-state index in [1.54, 1.807) is 31.4 Å². The van der Waals surface area contributed by atoms with Gasteiger partial charge in [0.05, 0.1) is 7.11 Å². The van der Waals surface area contributed by atoms with E-state index in [0.717, 1.165) is 0 Å². The normalized spacial score (nSPS) is 11.0. The number of amides is 1. The molecule has 24 heavy (non-hydrogen) atoms. The fourth-order valence-corrected chi connectivity index (χ4v) is 2.17. The molecule has 8 heteroatoms. The monoisotopic (exact) mass is 327 g/mol. The first kappa shape index (κ1) is 15.7. The zero-order valence-electron chi connectivity index (χ0n) is 13.5. The number of H-pyrrole nitrogens is 1. The van der Waals surface area contributed by atoms with Gasteiger partial charge in [-0.2, -0.15) is 9.50 Å². The summed E-state index contributed by atoms with van der Waals surface area (Å²) in [6.07, 6.45) is 0. The third-order valence-electron chi connectivity index (χ3n) is 3.46. The predicted octanol–water partition coefficient (Wildman–Crippen LogP) is 1.80. The molecule has 2 N–H and O–H groups in total. The van der Waals surface area contributed by atoms with Gasteiger partial charge in [0.2, 0.25) is 5.78 Å². The summed E-state index contributed by atoms with van der Waals surface area (Å²) in [5.41, 5.74) is 0.0728. The first-order valence-corrected chi connectivity index (χ1v) is 7.43. The number of hydrogen-bond acceptors (Lipinski definition) is 5. The number of benzene rings is 1. The molecule has 0 unspecified atom stereocenters. The summed E-state index contributed by atoms with van der Waals surface area (Å²) in [5.74, 6) is 1.52. The molecule has 0 spiro atoms. The second kappa shape index (κ2) is 6.15. The van der Waals surface area contributed by atoms with Gasteiger partial charge in [0.25, 0.3) is 11.5 Å². The van der Waals surface area contributed by atoms with E-state index in [4.69, 9.17) is 4.74 Å². The lowest BCUT2D eigenvalue weighted by Gasteiger charge is -2.07. The molecule has 3 aromatic rings. The molecule has 0 bridgehead atoms. The highest BCUT2D eigenvalue weighted by Crippen LogP contribution is 2.15. The van der Waals surface area contributed by atoms with E-state index in [0.29, 0.717) is 17.1 Å². The number of ether oxygens (including phenoxy) is 1. The first-order chi connectivity index (χ1) is 11.5. The maximum absolute atomic E-state index is 12.4. The highest BCUT2D eigenvalue weighted by molar-refractivity contribution is 6.03. The van der Waals surface area contributed by atoms with Crippen molar-refractivity contribution in [3.8, 4) is 5.75 Å². The number of aromatic nitrogens is 4. The van der Waals surface area contributed by atoms with Crippen LogP contribution in [0, 0.1) is 0 Å². The lowest BCUT2D eigenvalue weighted by atomic mass is 10.2. The fourth-order valence-electron chi connectivity index (χ4n) is 2.17. The van der Waals surface area contributed by atoms with Crippen molar-refractivity contribution in [3.05, 3.63) is 52.1 Å². The van der Waals surface area contributed by atoms with Crippen molar-refractivity contribution in [1.82, 2.24) is 19.6 Å². The molecular weight excluding hydrogens is 310 g/mol. The Hall–Kier alpha value is -3.16. The second-order valence-corrected chi connectivity index (χ2v) is 5.56. The zero-order valence-corrected chi connectivity index (χ0v) is 13.5. The number of anilines is 1. The van der Waals surface area contributed by atoms with Crippen LogP contribution in [0.4, 0.5) is 5.82 Å². The third kappa shape index (κ3) is 2.98. The van der Waals surface area contributed by atoms with Crippen molar-refractivity contribution >= 4 is 17.5 Å². The Morgan fingerprint density at radius 3 is 2.62 bits per heavy atom. The molecule has 3 rings (SSSR count). The predicted molar refractivity (Wildman–Crippen MR) is 88.6 cm³/mol. The molecular formula is C16H17N5O3. The first-order valence-electron chi connectivity index (χ1n) is 7.43. The van der Waals surface area contributed by atoms with Gasteiger partial charge in [-0.3, -0.25) is 14.6 Å². The number of nitrogens with zero attached hydrogens (tertiary/aromatic N) is 3. The Bertz CT molecular complexity index is 940. The number of carbonyl (C=O) groups excluding carboxylic acids is 1. The topological polar surface area (TPSA) is 101 Å². The number of aromatic amines is 1. The largest absolute Gasteiger partial charge is 0.497 e. The summed E-state index contributed by atoms with van der Waals surface area (Å²) in [6, 6.07) is 7.93. The number of fused-ring (bicyclic) bond motifs is 1. The molecule has 1 amide bonds. The Labute approximate surface area is 137 Å². The van der Waals surface area contributed by atoms with Gasteiger partial charge >= 0.3 is 0 Å². The van der Waals surface area contributed by atoms with Crippen molar-refractivity contribution < 1.29 is 9.53 Å². The van der Waals surface area contributed by atoms with Crippen LogP contribution in [0.3, 0.4) is 0 Å². The van der Waals surface area contributed by atoms with Crippen LogP contribution in [-0.4, -0.2) is 32.6 Å². The smallest absolute Gasteiger partial charge is 0.256 e. The number of nitrogens with one attached hydrogen (secondary N) is 2. The average Bonchev–Trinajstić information content (AvgIpc) is 2.99. The van der Waals surface area contributed by atoms with Crippen LogP contribution in [0.5, 0.6) is 5.75 Å². The van der Waals surface area contributed by atoms with Crippen molar-refractivity contribution in [2.75, 3.05) is 12.4 Å². The van der Waals surface area contributed by atoms with Crippen LogP contribution in [0.25, 0.3) is 5.78 Å². The Morgan fingerprint density at radius 2 is 2.00 bits per heavy atom. The summed E-state index contributed by atoms with van der Waals surface area (Å²) in [6.45, 7) is 3.89. The molecule has 0 saturated heterocycles. The van der Waals surface area contributed by atoms with E-state index in [9.17, 15) is 9.59 Å². The van der Waals surface area contributed by atoms with Crippen LogP contribution < -0.4 is 15.6 Å². The lowest BCUT2D eigenvalue weighted by Crippen LogP contribution is -2.18. The van der Waals surface area contributed by atoms with Gasteiger partial charge in [-0.25, -0.2) is 0 Å². The molecule has 1 aromatic carbocycles. The van der Waals surface area contributed by atoms with Gasteiger partial charge in [-0.1, -0.05) is 13.8 Å². The number of hydrogen-bond donors (Lipinski definition) is 2. The Balaban J connectivity index is 1.96. The van der Waals surface area contributed by atoms with Crippen LogP contribution >= 0.6 is 0 Å². The van der Waals surface area contributed by atoms with Crippen molar-refractivity contribution in [2.45, 2.75) is 19.8 Å². The molecule has 0 saturated carbocycles. The summed E-state index contributed by atoms with van der Waals surface area (Å²) in [5, 5.41) is 7.02. The minimum atomic E-state index is -0.366. The van der Waals surface area contributed by atoms with Gasteiger partial charge in [0, 0.05) is 17.5 Å². The zero-order chi connectivity index (χ0) is 17.3. The summed E-state index contributed by atoms with van der Waals surface area (Å²) < 4.78 is 6.48. The summed E-state index contributed by atoms with van der Waals surface area (Å²) in [7, 11) is 1.55. The SMILES string of the molecule is COc1ccc(C(=O)Nc2cc(=O)[nH]c3nc(C(C)C)nn23)cc1. The quantitative estimate of drug-likeness (QED) is 0.761. The molecule has 8 nitrogen and oxygen atoms in total. The van der Waals surface area contributed by atoms with Gasteiger partial charge in [0.1, 0.15) is 11.6 Å². The molecule has 0 atom stereocenters. The van der Waals surface area contributed by atoms with E-state index in [1.165, 1.54) is 10.6 Å². The summed E-state index contributed by atoms with van der Waals surface area (Å²) >= 11 is 0. The maximum Gasteiger partial charge on any atom is 0.256 e. The van der Waals surface area contributed by atoms with E-state index >= 15 is 0 Å². The van der Waals surface area contributed by atoms with Crippen molar-refractivity contribution in [3.63, 3.8) is 0 Å². The van der Waals surface area contributed by atoms with Crippen LogP contribution in [-0.2, 0) is 0 Å². The molecule has 124 valence electrons. The molecule has 2 heterocycles. The maximum atomic E-state index is 12.4. The molecule has 0 fully saturated rings. The van der Waals surface area contributed by atoms with Gasteiger partial charge < -0.3 is 10.1 Å². The summed E-state index contributed by atoms with van der Waals surface area (Å²) in [4.78, 5) is 31.0. The molecule has 0 radical (unpaired) electrons. The number of carbonyl (C=O) groups is 1. The van der Waals surface area contributed by atoms with E-state index in [1.807, 2.05) is 13.8 Å². The van der Waals surface area contributed by atoms with Crippen LogP contribution in [0.1, 0.15) is 35.9 Å². The minimum absolute atomic E-state index is 0.0959. The van der Waals surface area contributed by atoms with Crippen molar-refractivity contribution in [1.29, 1.82) is 0 Å². The van der Waals surface area contributed by atoms with Crippen LogP contribution in [0.2, 0.25) is 0 Å². The second-order valence-electron chi connectivity index (χ2n) is 5.56. The molecule has 0 aliphatic rings. The van der Waals surface area contributed by atoms with E-state index in [2.05, 4.69) is 20.4 Å². The highest BCUT2D eigenvalue weighted by Gasteiger charge is 2.14.